The number of halogens is 1. The third-order valence-corrected chi connectivity index (χ3v) is 10.8. The summed E-state index contributed by atoms with van der Waals surface area (Å²) in [5.41, 5.74) is 1.10. The first-order valence-corrected chi connectivity index (χ1v) is 19.6. The van der Waals surface area contributed by atoms with Gasteiger partial charge in [-0.05, 0) is 104 Å². The Labute approximate surface area is 338 Å². The van der Waals surface area contributed by atoms with Crippen LogP contribution >= 0.6 is 12.4 Å². The smallest absolute Gasteiger partial charge is 0.410 e. The zero-order valence-electron chi connectivity index (χ0n) is 34.5. The number of hydrogen-bond acceptors (Lipinski definition) is 10. The second kappa shape index (κ2) is 19.1. The summed E-state index contributed by atoms with van der Waals surface area (Å²) in [5.74, 6) is 0.0968. The summed E-state index contributed by atoms with van der Waals surface area (Å²) < 4.78 is 5.25. The van der Waals surface area contributed by atoms with E-state index in [1.807, 2.05) is 55.4 Å². The van der Waals surface area contributed by atoms with Crippen LogP contribution in [0.2, 0.25) is 0 Å². The van der Waals surface area contributed by atoms with Gasteiger partial charge >= 0.3 is 6.09 Å². The average molecular weight is 793 g/mol. The molecule has 0 bridgehead atoms. The number of H-pyrrole nitrogens is 1. The molecular weight excluding hydrogens is 732 g/mol. The SMILES string of the molecule is CC(C)(C)OC(=O)N1CCC(C#N)CC1.CC1(C#N)CCN(C(=O)[C@H](NC(=O)c2c[nH]c3ncc(C4CC4)nc23)C(C)(C)C)CC1.CC1(C#N)CCNCC1.Cl. The molecule has 3 amide bonds. The third kappa shape index (κ3) is 12.8. The van der Waals surface area contributed by atoms with E-state index in [4.69, 9.17) is 15.3 Å². The molecule has 2 aromatic heterocycles. The molecule has 14 nitrogen and oxygen atoms in total. The number of ether oxygens (including phenoxy) is 1. The van der Waals surface area contributed by atoms with E-state index in [9.17, 15) is 19.6 Å². The highest BCUT2D eigenvalue weighted by molar-refractivity contribution is 6.06. The molecule has 0 unspecified atom stereocenters. The third-order valence-electron chi connectivity index (χ3n) is 10.8. The van der Waals surface area contributed by atoms with Gasteiger partial charge in [0.2, 0.25) is 5.91 Å². The molecule has 306 valence electrons. The second-order valence-electron chi connectivity index (χ2n) is 18.0. The first kappa shape index (κ1) is 45.9. The van der Waals surface area contributed by atoms with Crippen molar-refractivity contribution in [3.63, 3.8) is 0 Å². The Morgan fingerprint density at radius 1 is 0.893 bits per heavy atom. The van der Waals surface area contributed by atoms with Crippen molar-refractivity contribution in [3.8, 4) is 18.2 Å². The number of nitriles is 3. The lowest BCUT2D eigenvalue weighted by Gasteiger charge is -2.39. The summed E-state index contributed by atoms with van der Waals surface area (Å²) >= 11 is 0. The lowest BCUT2D eigenvalue weighted by atomic mass is 9.80. The summed E-state index contributed by atoms with van der Waals surface area (Å²) in [7, 11) is 0. The summed E-state index contributed by atoms with van der Waals surface area (Å²) in [6.45, 7) is 19.7. The molecule has 3 saturated heterocycles. The van der Waals surface area contributed by atoms with Crippen molar-refractivity contribution >= 4 is 41.5 Å². The number of nitrogens with zero attached hydrogens (tertiary/aromatic N) is 7. The van der Waals surface area contributed by atoms with Crippen LogP contribution in [-0.2, 0) is 9.53 Å². The van der Waals surface area contributed by atoms with Crippen LogP contribution in [0.3, 0.4) is 0 Å². The minimum Gasteiger partial charge on any atom is -0.444 e. The monoisotopic (exact) mass is 792 g/mol. The fourth-order valence-electron chi connectivity index (χ4n) is 6.63. The summed E-state index contributed by atoms with van der Waals surface area (Å²) in [4.78, 5) is 53.7. The van der Waals surface area contributed by atoms with Crippen LogP contribution in [0.1, 0.15) is 129 Å². The number of piperidine rings is 3. The largest absolute Gasteiger partial charge is 0.444 e. The van der Waals surface area contributed by atoms with E-state index in [1.54, 1.807) is 22.2 Å². The molecule has 56 heavy (non-hydrogen) atoms. The number of nitrogens with one attached hydrogen (secondary N) is 3. The maximum absolute atomic E-state index is 13.4. The van der Waals surface area contributed by atoms with Gasteiger partial charge < -0.3 is 30.2 Å². The van der Waals surface area contributed by atoms with Gasteiger partial charge in [-0.1, -0.05) is 20.8 Å². The van der Waals surface area contributed by atoms with Gasteiger partial charge in [-0.25, -0.2) is 14.8 Å². The Balaban J connectivity index is 0.000000278. The van der Waals surface area contributed by atoms with Crippen molar-refractivity contribution in [2.24, 2.45) is 22.2 Å². The van der Waals surface area contributed by atoms with Crippen molar-refractivity contribution in [3.05, 3.63) is 23.7 Å². The first-order chi connectivity index (χ1) is 25.8. The number of fused-ring (bicyclic) bond motifs is 1. The predicted octanol–water partition coefficient (Wildman–Crippen LogP) is 6.61. The molecule has 0 spiro atoms. The maximum Gasteiger partial charge on any atom is 0.410 e. The standard InChI is InChI=1S/C23H30N6O2.C11H18N2O2.C7H12N2.ClH/c1-22(2,3)18(21(31)29-9-7-23(4,13-24)8-10-29)28-20(30)15-11-25-19-17(15)27-16(12-26-19)14-5-6-14;1-11(2,3)15-10(14)13-6-4-9(8-12)5-7-13;1-7(6-8)2-4-9-5-3-7;/h11-12,14,18H,5-10H2,1-4H3,(H,25,26)(H,28,30);9H,4-7H2,1-3H3;9H,2-5H2,1H3;1H/t18-;;;/m0.../s1. The fraction of sp³-hybridized carbons (Fsp3) is 0.707. The number of rotatable bonds is 4. The molecule has 15 heteroatoms. The van der Waals surface area contributed by atoms with E-state index in [0.29, 0.717) is 61.7 Å². The van der Waals surface area contributed by atoms with Crippen LogP contribution < -0.4 is 10.6 Å². The molecule has 0 radical (unpaired) electrons. The second-order valence-corrected chi connectivity index (χ2v) is 18.0. The lowest BCUT2D eigenvalue weighted by Crippen LogP contribution is -2.56. The van der Waals surface area contributed by atoms with Crippen LogP contribution in [0.25, 0.3) is 11.2 Å². The number of likely N-dealkylation sites (tertiary alicyclic amines) is 2. The Bertz CT molecular complexity index is 1790. The van der Waals surface area contributed by atoms with Gasteiger partial charge in [0, 0.05) is 44.2 Å². The zero-order valence-corrected chi connectivity index (χ0v) is 35.3. The van der Waals surface area contributed by atoms with Crippen LogP contribution in [0, 0.1) is 56.2 Å². The summed E-state index contributed by atoms with van der Waals surface area (Å²) in [5, 5.41) is 32.9. The molecule has 1 saturated carbocycles. The van der Waals surface area contributed by atoms with Gasteiger partial charge in [0.05, 0.1) is 46.5 Å². The van der Waals surface area contributed by atoms with Crippen LogP contribution in [0.15, 0.2) is 12.4 Å². The number of aromatic nitrogens is 3. The molecule has 1 atom stereocenters. The van der Waals surface area contributed by atoms with Crippen LogP contribution in [0.5, 0.6) is 0 Å². The first-order valence-electron chi connectivity index (χ1n) is 19.6. The Hall–Kier alpha value is -4.45. The van der Waals surface area contributed by atoms with E-state index < -0.39 is 17.1 Å². The number of carbonyl (C=O) groups excluding carboxylic acids is 3. The Kier molecular flexibility index (Phi) is 15.7. The number of carbonyl (C=O) groups is 3. The van der Waals surface area contributed by atoms with E-state index in [2.05, 4.69) is 43.8 Å². The Morgan fingerprint density at radius 3 is 1.95 bits per heavy atom. The molecule has 2 aromatic rings. The predicted molar refractivity (Wildman–Crippen MR) is 215 cm³/mol. The van der Waals surface area contributed by atoms with Crippen molar-refractivity contribution in [2.75, 3.05) is 39.3 Å². The summed E-state index contributed by atoms with van der Waals surface area (Å²) in [6, 6.07) is 6.25. The van der Waals surface area contributed by atoms with E-state index in [-0.39, 0.29) is 47.1 Å². The highest BCUT2D eigenvalue weighted by Gasteiger charge is 2.40. The molecule has 0 aromatic carbocycles. The molecule has 5 heterocycles. The molecule has 3 aliphatic heterocycles. The highest BCUT2D eigenvalue weighted by Crippen LogP contribution is 2.39. The number of aromatic amines is 1. The van der Waals surface area contributed by atoms with Crippen molar-refractivity contribution in [2.45, 2.75) is 124 Å². The maximum atomic E-state index is 13.4. The number of amides is 3. The molecule has 4 fully saturated rings. The van der Waals surface area contributed by atoms with Crippen molar-refractivity contribution in [1.82, 2.24) is 35.4 Å². The topological polar surface area (TPSA) is 204 Å². The van der Waals surface area contributed by atoms with Gasteiger partial charge in [0.15, 0.2) is 5.65 Å². The van der Waals surface area contributed by atoms with Crippen molar-refractivity contribution in [1.29, 1.82) is 15.8 Å². The van der Waals surface area contributed by atoms with Gasteiger partial charge in [-0.3, -0.25) is 9.59 Å². The summed E-state index contributed by atoms with van der Waals surface area (Å²) in [6.07, 6.45) is 10.1. The van der Waals surface area contributed by atoms with E-state index in [0.717, 1.165) is 57.3 Å². The molecule has 4 aliphatic rings. The number of hydrogen-bond donors (Lipinski definition) is 3. The fourth-order valence-corrected chi connectivity index (χ4v) is 6.63. The van der Waals surface area contributed by atoms with Gasteiger partial charge in [0.1, 0.15) is 17.2 Å². The highest BCUT2D eigenvalue weighted by atomic mass is 35.5. The molecule has 1 aliphatic carbocycles. The Morgan fingerprint density at radius 2 is 1.46 bits per heavy atom. The molecule has 3 N–H and O–H groups in total. The quantitative estimate of drug-likeness (QED) is 0.302. The van der Waals surface area contributed by atoms with Gasteiger partial charge in [-0.15, -0.1) is 12.4 Å². The average Bonchev–Trinajstić information content (AvgIpc) is 3.92. The van der Waals surface area contributed by atoms with Gasteiger partial charge in [-0.2, -0.15) is 15.8 Å². The van der Waals surface area contributed by atoms with Crippen molar-refractivity contribution < 1.29 is 19.1 Å². The lowest BCUT2D eigenvalue weighted by molar-refractivity contribution is -0.137. The minimum atomic E-state index is -0.684. The van der Waals surface area contributed by atoms with Crippen LogP contribution in [0.4, 0.5) is 4.79 Å². The van der Waals surface area contributed by atoms with Crippen LogP contribution in [-0.4, -0.2) is 93.6 Å². The van der Waals surface area contributed by atoms with E-state index in [1.165, 1.54) is 0 Å². The molecule has 6 rings (SSSR count). The zero-order chi connectivity index (χ0) is 40.6. The molecular formula is C41H61ClN10O4. The normalized spacial score (nSPS) is 19.8. The van der Waals surface area contributed by atoms with Gasteiger partial charge in [0.25, 0.3) is 5.91 Å². The minimum absolute atomic E-state index is 0. The van der Waals surface area contributed by atoms with E-state index >= 15 is 0 Å².